The molecule has 1 heterocycles. The quantitative estimate of drug-likeness (QED) is 0.851. The number of aromatic nitrogens is 2. The molecule has 0 atom stereocenters. The number of aryl methyl sites for hydroxylation is 1. The van der Waals surface area contributed by atoms with Crippen LogP contribution in [0.3, 0.4) is 0 Å². The van der Waals surface area contributed by atoms with Gasteiger partial charge in [0.1, 0.15) is 5.82 Å². The minimum Gasteiger partial charge on any atom is -0.389 e. The van der Waals surface area contributed by atoms with Gasteiger partial charge < -0.3 is 10.4 Å². The van der Waals surface area contributed by atoms with Gasteiger partial charge in [-0.1, -0.05) is 19.8 Å². The van der Waals surface area contributed by atoms with Crippen LogP contribution >= 0.6 is 0 Å². The van der Waals surface area contributed by atoms with Crippen LogP contribution in [0.5, 0.6) is 0 Å². The number of amides is 1. The highest BCUT2D eigenvalue weighted by molar-refractivity contribution is 5.91. The highest BCUT2D eigenvalue weighted by atomic mass is 16.3. The molecule has 98 valence electrons. The van der Waals surface area contributed by atoms with E-state index in [4.69, 9.17) is 0 Å². The summed E-state index contributed by atoms with van der Waals surface area (Å²) in [6, 6.07) is 0. The Bertz CT molecular complexity index is 411. The molecule has 18 heavy (non-hydrogen) atoms. The monoisotopic (exact) mass is 249 g/mol. The predicted molar refractivity (Wildman–Crippen MR) is 68.1 cm³/mol. The summed E-state index contributed by atoms with van der Waals surface area (Å²) >= 11 is 0. The lowest BCUT2D eigenvalue weighted by Crippen LogP contribution is -2.30. The highest BCUT2D eigenvalue weighted by Gasteiger charge is 2.33. The van der Waals surface area contributed by atoms with E-state index < -0.39 is 5.60 Å². The Balaban J connectivity index is 1.90. The zero-order valence-corrected chi connectivity index (χ0v) is 10.6. The van der Waals surface area contributed by atoms with Crippen LogP contribution < -0.4 is 5.32 Å². The molecule has 5 heteroatoms. The van der Waals surface area contributed by atoms with E-state index >= 15 is 0 Å². The number of carbonyl (C=O) groups is 1. The second-order valence-corrected chi connectivity index (χ2v) is 4.90. The number of aliphatic hydroxyl groups is 1. The third kappa shape index (κ3) is 3.26. The lowest BCUT2D eigenvalue weighted by Gasteiger charge is -2.20. The van der Waals surface area contributed by atoms with E-state index in [-0.39, 0.29) is 12.3 Å². The van der Waals surface area contributed by atoms with Gasteiger partial charge in [0, 0.05) is 6.42 Å². The summed E-state index contributed by atoms with van der Waals surface area (Å²) < 4.78 is 0. The van der Waals surface area contributed by atoms with Crippen LogP contribution in [0.1, 0.15) is 44.9 Å². The number of anilines is 1. The molecule has 0 aliphatic heterocycles. The van der Waals surface area contributed by atoms with Crippen molar-refractivity contribution in [3.05, 3.63) is 18.2 Å². The van der Waals surface area contributed by atoms with Gasteiger partial charge in [0.25, 0.3) is 0 Å². The van der Waals surface area contributed by atoms with Crippen LogP contribution in [-0.4, -0.2) is 26.6 Å². The van der Waals surface area contributed by atoms with Crippen molar-refractivity contribution in [2.45, 2.75) is 51.0 Å². The van der Waals surface area contributed by atoms with Crippen molar-refractivity contribution >= 4 is 11.6 Å². The Labute approximate surface area is 107 Å². The molecule has 0 aromatic carbocycles. The first-order valence-electron chi connectivity index (χ1n) is 6.44. The van der Waals surface area contributed by atoms with E-state index in [1.807, 2.05) is 6.92 Å². The van der Waals surface area contributed by atoms with Gasteiger partial charge in [0.15, 0.2) is 0 Å². The Morgan fingerprint density at radius 3 is 2.56 bits per heavy atom. The van der Waals surface area contributed by atoms with Crippen molar-refractivity contribution in [2.24, 2.45) is 0 Å². The van der Waals surface area contributed by atoms with Gasteiger partial charge in [0.2, 0.25) is 5.91 Å². The molecule has 1 aliphatic carbocycles. The van der Waals surface area contributed by atoms with Crippen LogP contribution in [0.2, 0.25) is 0 Å². The Morgan fingerprint density at radius 1 is 1.39 bits per heavy atom. The molecule has 5 nitrogen and oxygen atoms in total. The molecule has 0 spiro atoms. The summed E-state index contributed by atoms with van der Waals surface area (Å²) in [5, 5.41) is 12.9. The van der Waals surface area contributed by atoms with Crippen molar-refractivity contribution in [3.63, 3.8) is 0 Å². The molecule has 0 bridgehead atoms. The second kappa shape index (κ2) is 5.44. The lowest BCUT2D eigenvalue weighted by atomic mass is 9.98. The number of rotatable bonds is 4. The molecular formula is C13H19N3O2. The minimum atomic E-state index is -0.811. The molecule has 1 saturated carbocycles. The Hall–Kier alpha value is -1.49. The van der Waals surface area contributed by atoms with Crippen LogP contribution in [0.4, 0.5) is 5.69 Å². The van der Waals surface area contributed by atoms with Gasteiger partial charge in [-0.15, -0.1) is 0 Å². The largest absolute Gasteiger partial charge is 0.389 e. The zero-order chi connectivity index (χ0) is 13.0. The maximum absolute atomic E-state index is 11.8. The van der Waals surface area contributed by atoms with Gasteiger partial charge >= 0.3 is 0 Å². The normalized spacial score (nSPS) is 17.7. The van der Waals surface area contributed by atoms with Crippen molar-refractivity contribution in [3.8, 4) is 0 Å². The number of nitrogens with zero attached hydrogens (tertiary/aromatic N) is 2. The molecule has 1 aliphatic rings. The molecule has 0 saturated heterocycles. The summed E-state index contributed by atoms with van der Waals surface area (Å²) in [5.74, 6) is 0.578. The minimum absolute atomic E-state index is 0.155. The highest BCUT2D eigenvalue weighted by Crippen LogP contribution is 2.32. The van der Waals surface area contributed by atoms with Crippen molar-refractivity contribution < 1.29 is 9.90 Å². The first kappa shape index (κ1) is 13.0. The SMILES string of the molecule is CCc1ncc(NC(=O)CC2(O)CCCC2)cn1. The summed E-state index contributed by atoms with van der Waals surface area (Å²) in [4.78, 5) is 20.0. The van der Waals surface area contributed by atoms with Gasteiger partial charge in [-0.3, -0.25) is 4.79 Å². The summed E-state index contributed by atoms with van der Waals surface area (Å²) in [7, 11) is 0. The van der Waals surface area contributed by atoms with Gasteiger partial charge in [-0.25, -0.2) is 9.97 Å². The molecule has 1 aromatic rings. The number of carbonyl (C=O) groups excluding carboxylic acids is 1. The van der Waals surface area contributed by atoms with E-state index in [1.54, 1.807) is 12.4 Å². The van der Waals surface area contributed by atoms with Crippen molar-refractivity contribution in [2.75, 3.05) is 5.32 Å². The maximum Gasteiger partial charge on any atom is 0.227 e. The third-order valence-electron chi connectivity index (χ3n) is 3.33. The molecule has 1 aromatic heterocycles. The van der Waals surface area contributed by atoms with Crippen molar-refractivity contribution in [1.29, 1.82) is 0 Å². The summed E-state index contributed by atoms with van der Waals surface area (Å²) in [6.07, 6.45) is 7.55. The number of hydrogen-bond acceptors (Lipinski definition) is 4. The standard InChI is InChI=1S/C13H19N3O2/c1-2-11-14-8-10(9-15-11)16-12(17)7-13(18)5-3-4-6-13/h8-9,18H,2-7H2,1H3,(H,16,17). The van der Waals surface area contributed by atoms with Crippen LogP contribution in [0, 0.1) is 0 Å². The van der Waals surface area contributed by atoms with Crippen molar-refractivity contribution in [1.82, 2.24) is 9.97 Å². The smallest absolute Gasteiger partial charge is 0.227 e. The summed E-state index contributed by atoms with van der Waals surface area (Å²) in [6.45, 7) is 1.98. The van der Waals surface area contributed by atoms with E-state index in [0.717, 1.165) is 25.1 Å². The van der Waals surface area contributed by atoms with E-state index in [1.165, 1.54) is 0 Å². The molecule has 0 unspecified atom stereocenters. The van der Waals surface area contributed by atoms with Crippen LogP contribution in [0.15, 0.2) is 12.4 Å². The average molecular weight is 249 g/mol. The fourth-order valence-corrected chi connectivity index (χ4v) is 2.32. The van der Waals surface area contributed by atoms with E-state index in [2.05, 4.69) is 15.3 Å². The van der Waals surface area contributed by atoms with Crippen LogP contribution in [-0.2, 0) is 11.2 Å². The van der Waals surface area contributed by atoms with Gasteiger partial charge in [-0.2, -0.15) is 0 Å². The number of hydrogen-bond donors (Lipinski definition) is 2. The van der Waals surface area contributed by atoms with Gasteiger partial charge in [0.05, 0.1) is 30.1 Å². The Morgan fingerprint density at radius 2 is 2.00 bits per heavy atom. The van der Waals surface area contributed by atoms with Gasteiger partial charge in [-0.05, 0) is 12.8 Å². The van der Waals surface area contributed by atoms with E-state index in [9.17, 15) is 9.90 Å². The predicted octanol–water partition coefficient (Wildman–Crippen LogP) is 1.67. The molecule has 2 rings (SSSR count). The second-order valence-electron chi connectivity index (χ2n) is 4.90. The fourth-order valence-electron chi connectivity index (χ4n) is 2.32. The maximum atomic E-state index is 11.8. The van der Waals surface area contributed by atoms with E-state index in [0.29, 0.717) is 18.5 Å². The lowest BCUT2D eigenvalue weighted by molar-refractivity contribution is -0.120. The zero-order valence-electron chi connectivity index (χ0n) is 10.6. The first-order chi connectivity index (χ1) is 8.61. The average Bonchev–Trinajstić information content (AvgIpc) is 2.76. The third-order valence-corrected chi connectivity index (χ3v) is 3.33. The molecular weight excluding hydrogens is 230 g/mol. The molecule has 1 fully saturated rings. The Kier molecular flexibility index (Phi) is 3.91. The van der Waals surface area contributed by atoms with Crippen LogP contribution in [0.25, 0.3) is 0 Å². The molecule has 1 amide bonds. The first-order valence-corrected chi connectivity index (χ1v) is 6.44. The fraction of sp³-hybridized carbons (Fsp3) is 0.615. The summed E-state index contributed by atoms with van der Waals surface area (Å²) in [5.41, 5.74) is -0.229. The molecule has 2 N–H and O–H groups in total. The number of nitrogens with one attached hydrogen (secondary N) is 1. The topological polar surface area (TPSA) is 75.1 Å². The molecule has 0 radical (unpaired) electrons.